The van der Waals surface area contributed by atoms with E-state index in [-0.39, 0.29) is 5.60 Å². The van der Waals surface area contributed by atoms with E-state index in [4.69, 9.17) is 0 Å². The lowest BCUT2D eigenvalue weighted by Gasteiger charge is -2.22. The normalized spacial score (nSPS) is 25.7. The van der Waals surface area contributed by atoms with Gasteiger partial charge in [0.2, 0.25) is 0 Å². The summed E-state index contributed by atoms with van der Waals surface area (Å²) in [5.41, 5.74) is -0.318. The summed E-state index contributed by atoms with van der Waals surface area (Å²) in [6.45, 7) is 11.3. The third-order valence-electron chi connectivity index (χ3n) is 3.43. The molecule has 4 heteroatoms. The highest BCUT2D eigenvalue weighted by Gasteiger charge is 2.26. The highest BCUT2D eigenvalue weighted by molar-refractivity contribution is 5.37. The number of likely N-dealkylation sites (tertiary alicyclic amines) is 2. The zero-order valence-corrected chi connectivity index (χ0v) is 12.3. The molecule has 2 fully saturated rings. The van der Waals surface area contributed by atoms with Crippen LogP contribution in [0.15, 0.2) is 0 Å². The van der Waals surface area contributed by atoms with Crippen molar-refractivity contribution in [1.29, 1.82) is 0 Å². The Balaban J connectivity index is 0.000000203. The molecule has 106 valence electrons. The molecule has 18 heavy (non-hydrogen) atoms. The zero-order chi connectivity index (χ0) is 13.6. The van der Waals surface area contributed by atoms with E-state index in [0.717, 1.165) is 6.04 Å². The van der Waals surface area contributed by atoms with Gasteiger partial charge in [-0.1, -0.05) is 0 Å². The number of ether oxygens (including phenoxy) is 1. The molecule has 0 N–H and O–H groups in total. The molecule has 1 unspecified atom stereocenters. The first-order chi connectivity index (χ1) is 8.42. The second-order valence-corrected chi connectivity index (χ2v) is 6.27. The fraction of sp³-hybridized carbons (Fsp3) is 0.929. The third-order valence-corrected chi connectivity index (χ3v) is 3.43. The Kier molecular flexibility index (Phi) is 6.09. The van der Waals surface area contributed by atoms with Crippen molar-refractivity contribution in [3.63, 3.8) is 0 Å². The van der Waals surface area contributed by atoms with Crippen molar-refractivity contribution in [1.82, 2.24) is 9.80 Å². The molecule has 2 aliphatic rings. The smallest absolute Gasteiger partial charge is 0.293 e. The van der Waals surface area contributed by atoms with Crippen molar-refractivity contribution in [3.05, 3.63) is 0 Å². The van der Waals surface area contributed by atoms with E-state index in [1.54, 1.807) is 0 Å². The van der Waals surface area contributed by atoms with Gasteiger partial charge in [0.1, 0.15) is 5.60 Å². The van der Waals surface area contributed by atoms with Crippen LogP contribution in [0.5, 0.6) is 0 Å². The summed E-state index contributed by atoms with van der Waals surface area (Å²) in [6, 6.07) is 0.891. The van der Waals surface area contributed by atoms with Crippen LogP contribution >= 0.6 is 0 Å². The van der Waals surface area contributed by atoms with Crippen LogP contribution in [0.2, 0.25) is 0 Å². The molecular weight excluding hydrogens is 228 g/mol. The lowest BCUT2D eigenvalue weighted by Crippen LogP contribution is -2.34. The van der Waals surface area contributed by atoms with Crippen LogP contribution in [-0.4, -0.2) is 61.1 Å². The van der Waals surface area contributed by atoms with Crippen molar-refractivity contribution in [2.45, 2.75) is 51.7 Å². The summed E-state index contributed by atoms with van der Waals surface area (Å²) in [6.07, 6.45) is 4.26. The molecule has 0 aromatic rings. The Labute approximate surface area is 111 Å². The van der Waals surface area contributed by atoms with Gasteiger partial charge >= 0.3 is 0 Å². The fourth-order valence-electron chi connectivity index (χ4n) is 2.46. The first kappa shape index (κ1) is 15.4. The minimum atomic E-state index is -0.318. The van der Waals surface area contributed by atoms with E-state index >= 15 is 0 Å². The highest BCUT2D eigenvalue weighted by atomic mass is 16.5. The molecule has 2 saturated heterocycles. The third kappa shape index (κ3) is 5.83. The first-order valence-corrected chi connectivity index (χ1v) is 6.96. The average Bonchev–Trinajstić information content (AvgIpc) is 2.86. The minimum Gasteiger partial charge on any atom is -0.462 e. The Morgan fingerprint density at radius 2 is 1.78 bits per heavy atom. The van der Waals surface area contributed by atoms with Crippen molar-refractivity contribution < 1.29 is 9.53 Å². The molecule has 0 aromatic heterocycles. The second-order valence-electron chi connectivity index (χ2n) is 6.27. The van der Waals surface area contributed by atoms with E-state index < -0.39 is 0 Å². The summed E-state index contributed by atoms with van der Waals surface area (Å²) in [7, 11) is 2.23. The molecule has 0 bridgehead atoms. The predicted octanol–water partition coefficient (Wildman–Crippen LogP) is 1.74. The van der Waals surface area contributed by atoms with Crippen molar-refractivity contribution >= 4 is 6.47 Å². The average molecular weight is 256 g/mol. The van der Waals surface area contributed by atoms with Crippen molar-refractivity contribution in [3.8, 4) is 0 Å². The van der Waals surface area contributed by atoms with Crippen LogP contribution in [0.3, 0.4) is 0 Å². The Morgan fingerprint density at radius 3 is 2.11 bits per heavy atom. The van der Waals surface area contributed by atoms with Crippen molar-refractivity contribution in [2.24, 2.45) is 0 Å². The number of carbonyl (C=O) groups excluding carboxylic acids is 1. The first-order valence-electron chi connectivity index (χ1n) is 6.96. The molecule has 0 saturated carbocycles. The SMILES string of the molecule is CC(C)(C)OC=O.CN1CCC(N2CCCC2)C1. The van der Waals surface area contributed by atoms with Gasteiger partial charge in [-0.3, -0.25) is 9.69 Å². The van der Waals surface area contributed by atoms with Gasteiger partial charge < -0.3 is 9.64 Å². The minimum absolute atomic E-state index is 0.318. The van der Waals surface area contributed by atoms with Crippen LogP contribution in [0.4, 0.5) is 0 Å². The quantitative estimate of drug-likeness (QED) is 0.705. The standard InChI is InChI=1S/C9H18N2.C5H10O2/c1-10-7-4-9(8-10)11-5-2-3-6-11;1-5(2,3)7-4-6/h9H,2-8H2,1H3;4H,1-3H3. The second kappa shape index (κ2) is 7.10. The van der Waals surface area contributed by atoms with E-state index in [2.05, 4.69) is 21.6 Å². The molecule has 2 rings (SSSR count). The zero-order valence-electron chi connectivity index (χ0n) is 12.3. The molecule has 0 aromatic carbocycles. The van der Waals surface area contributed by atoms with Crippen LogP contribution < -0.4 is 0 Å². The number of rotatable bonds is 2. The fourth-order valence-corrected chi connectivity index (χ4v) is 2.46. The van der Waals surface area contributed by atoms with E-state index in [1.165, 1.54) is 45.4 Å². The number of hydrogen-bond donors (Lipinski definition) is 0. The molecule has 0 spiro atoms. The molecule has 1 atom stereocenters. The molecule has 2 heterocycles. The molecule has 0 amide bonds. The van der Waals surface area contributed by atoms with Crippen LogP contribution in [0.1, 0.15) is 40.0 Å². The maximum absolute atomic E-state index is 9.60. The van der Waals surface area contributed by atoms with Gasteiger partial charge in [-0.15, -0.1) is 0 Å². The van der Waals surface area contributed by atoms with E-state index in [0.29, 0.717) is 6.47 Å². The highest BCUT2D eigenvalue weighted by Crippen LogP contribution is 2.18. The number of likely N-dealkylation sites (N-methyl/N-ethyl adjacent to an activating group) is 1. The molecule has 0 radical (unpaired) electrons. The maximum Gasteiger partial charge on any atom is 0.293 e. The van der Waals surface area contributed by atoms with Gasteiger partial charge in [0.25, 0.3) is 6.47 Å². The summed E-state index contributed by atoms with van der Waals surface area (Å²) < 4.78 is 4.55. The van der Waals surface area contributed by atoms with Gasteiger partial charge in [0, 0.05) is 12.6 Å². The lowest BCUT2D eigenvalue weighted by atomic mass is 10.2. The van der Waals surface area contributed by atoms with Gasteiger partial charge in [0.15, 0.2) is 0 Å². The number of nitrogens with zero attached hydrogens (tertiary/aromatic N) is 2. The molecule has 0 aliphatic carbocycles. The van der Waals surface area contributed by atoms with Gasteiger partial charge in [-0.2, -0.15) is 0 Å². The molecule has 4 nitrogen and oxygen atoms in total. The number of hydrogen-bond acceptors (Lipinski definition) is 4. The van der Waals surface area contributed by atoms with E-state index in [9.17, 15) is 4.79 Å². The van der Waals surface area contributed by atoms with Crippen LogP contribution in [0, 0.1) is 0 Å². The number of carbonyl (C=O) groups is 1. The van der Waals surface area contributed by atoms with Gasteiger partial charge in [-0.25, -0.2) is 0 Å². The van der Waals surface area contributed by atoms with E-state index in [1.807, 2.05) is 20.8 Å². The summed E-state index contributed by atoms with van der Waals surface area (Å²) in [5.74, 6) is 0. The maximum atomic E-state index is 9.60. The Hall–Kier alpha value is -0.610. The monoisotopic (exact) mass is 256 g/mol. The van der Waals surface area contributed by atoms with Crippen molar-refractivity contribution in [2.75, 3.05) is 33.2 Å². The summed E-state index contributed by atoms with van der Waals surface area (Å²) in [4.78, 5) is 14.7. The molecule has 2 aliphatic heterocycles. The largest absolute Gasteiger partial charge is 0.462 e. The topological polar surface area (TPSA) is 32.8 Å². The van der Waals surface area contributed by atoms with Crippen LogP contribution in [-0.2, 0) is 9.53 Å². The lowest BCUT2D eigenvalue weighted by molar-refractivity contribution is -0.138. The van der Waals surface area contributed by atoms with Gasteiger partial charge in [0.05, 0.1) is 0 Å². The predicted molar refractivity (Wildman–Crippen MR) is 73.6 cm³/mol. The van der Waals surface area contributed by atoms with Gasteiger partial charge in [-0.05, 0) is 66.7 Å². The summed E-state index contributed by atoms with van der Waals surface area (Å²) >= 11 is 0. The Morgan fingerprint density at radius 1 is 1.17 bits per heavy atom. The molecular formula is C14H28N2O2. The summed E-state index contributed by atoms with van der Waals surface area (Å²) in [5, 5.41) is 0. The van der Waals surface area contributed by atoms with Crippen LogP contribution in [0.25, 0.3) is 0 Å². The Bertz CT molecular complexity index is 245.